The molecule has 2 saturated carbocycles. The number of benzene rings is 1. The van der Waals surface area contributed by atoms with Crippen LogP contribution in [0.3, 0.4) is 0 Å². The van der Waals surface area contributed by atoms with E-state index in [4.69, 9.17) is 0 Å². The summed E-state index contributed by atoms with van der Waals surface area (Å²) in [5.74, 6) is 0.836. The Morgan fingerprint density at radius 1 is 1.00 bits per heavy atom. The number of rotatable bonds is 3. The first-order valence-corrected chi connectivity index (χ1v) is 7.57. The second-order valence-corrected chi connectivity index (χ2v) is 6.30. The van der Waals surface area contributed by atoms with E-state index in [9.17, 15) is 17.6 Å². The van der Waals surface area contributed by atoms with Crippen molar-refractivity contribution in [3.63, 3.8) is 0 Å². The van der Waals surface area contributed by atoms with Crippen LogP contribution in [-0.4, -0.2) is 6.04 Å². The highest BCUT2D eigenvalue weighted by Crippen LogP contribution is 2.44. The number of hydrogen-bond acceptors (Lipinski definition) is 1. The largest absolute Gasteiger partial charge is 0.416 e. The Balaban J connectivity index is 1.71. The van der Waals surface area contributed by atoms with Crippen LogP contribution in [0.2, 0.25) is 0 Å². The molecule has 0 bridgehead atoms. The van der Waals surface area contributed by atoms with Crippen LogP contribution >= 0.6 is 0 Å². The maximum atomic E-state index is 13.8. The van der Waals surface area contributed by atoms with Gasteiger partial charge in [-0.25, -0.2) is 4.39 Å². The smallest absolute Gasteiger partial charge is 0.380 e. The Kier molecular flexibility index (Phi) is 3.84. The van der Waals surface area contributed by atoms with Crippen molar-refractivity contribution in [2.24, 2.45) is 11.8 Å². The minimum atomic E-state index is -4.44. The molecule has 2 fully saturated rings. The molecule has 0 radical (unpaired) electrons. The van der Waals surface area contributed by atoms with Gasteiger partial charge in [0.15, 0.2) is 0 Å². The highest BCUT2D eigenvalue weighted by atomic mass is 19.4. The fourth-order valence-electron chi connectivity index (χ4n) is 3.39. The van der Waals surface area contributed by atoms with Crippen LogP contribution in [0.1, 0.15) is 44.1 Å². The topological polar surface area (TPSA) is 12.0 Å². The molecule has 0 aromatic heterocycles. The van der Waals surface area contributed by atoms with Gasteiger partial charge in [-0.15, -0.1) is 0 Å². The fraction of sp³-hybridized carbons (Fsp3) is 0.625. The highest BCUT2D eigenvalue weighted by Gasteiger charge is 2.35. The van der Waals surface area contributed by atoms with Crippen molar-refractivity contribution in [3.8, 4) is 0 Å². The van der Waals surface area contributed by atoms with Crippen molar-refractivity contribution in [1.82, 2.24) is 0 Å². The monoisotopic (exact) mass is 301 g/mol. The third kappa shape index (κ3) is 3.50. The summed E-state index contributed by atoms with van der Waals surface area (Å²) in [4.78, 5) is 0. The predicted molar refractivity (Wildman–Crippen MR) is 73.5 cm³/mol. The molecule has 0 spiro atoms. The summed E-state index contributed by atoms with van der Waals surface area (Å²) >= 11 is 0. The normalized spacial score (nSPS) is 26.7. The van der Waals surface area contributed by atoms with Crippen molar-refractivity contribution in [2.45, 2.75) is 50.7 Å². The van der Waals surface area contributed by atoms with E-state index in [-0.39, 0.29) is 11.7 Å². The fourth-order valence-corrected chi connectivity index (χ4v) is 3.39. The van der Waals surface area contributed by atoms with Crippen molar-refractivity contribution in [2.75, 3.05) is 5.32 Å². The van der Waals surface area contributed by atoms with Gasteiger partial charge in [-0.05, 0) is 55.7 Å². The van der Waals surface area contributed by atoms with E-state index < -0.39 is 17.6 Å². The summed E-state index contributed by atoms with van der Waals surface area (Å²) in [6.07, 6.45) is 2.23. The van der Waals surface area contributed by atoms with Crippen LogP contribution in [0.5, 0.6) is 0 Å². The van der Waals surface area contributed by atoms with E-state index >= 15 is 0 Å². The van der Waals surface area contributed by atoms with E-state index in [0.29, 0.717) is 5.92 Å². The third-order valence-electron chi connectivity index (χ3n) is 4.66. The van der Waals surface area contributed by atoms with E-state index in [1.165, 1.54) is 19.3 Å². The first-order valence-electron chi connectivity index (χ1n) is 7.57. The quantitative estimate of drug-likeness (QED) is 0.754. The molecule has 0 heterocycles. The first-order chi connectivity index (χ1) is 9.93. The molecular weight excluding hydrogens is 282 g/mol. The van der Waals surface area contributed by atoms with Gasteiger partial charge in [0.2, 0.25) is 0 Å². The zero-order chi connectivity index (χ0) is 15.0. The molecule has 1 aromatic carbocycles. The van der Waals surface area contributed by atoms with E-state index in [0.717, 1.165) is 43.4 Å². The van der Waals surface area contributed by atoms with Crippen molar-refractivity contribution in [3.05, 3.63) is 29.6 Å². The average molecular weight is 301 g/mol. The van der Waals surface area contributed by atoms with Crippen LogP contribution < -0.4 is 5.32 Å². The van der Waals surface area contributed by atoms with Crippen LogP contribution in [0.25, 0.3) is 0 Å². The lowest BCUT2D eigenvalue weighted by atomic mass is 9.82. The zero-order valence-electron chi connectivity index (χ0n) is 11.7. The van der Waals surface area contributed by atoms with Crippen molar-refractivity contribution < 1.29 is 17.6 Å². The van der Waals surface area contributed by atoms with E-state index in [1.807, 2.05) is 0 Å². The van der Waals surface area contributed by atoms with Gasteiger partial charge in [0, 0.05) is 6.04 Å². The van der Waals surface area contributed by atoms with Gasteiger partial charge < -0.3 is 5.32 Å². The van der Waals surface area contributed by atoms with E-state index in [2.05, 4.69) is 5.32 Å². The molecule has 3 rings (SSSR count). The first kappa shape index (κ1) is 14.7. The highest BCUT2D eigenvalue weighted by molar-refractivity contribution is 5.48. The van der Waals surface area contributed by atoms with Gasteiger partial charge in [0.05, 0.1) is 11.3 Å². The molecule has 0 aliphatic heterocycles. The molecule has 2 unspecified atom stereocenters. The number of anilines is 1. The summed E-state index contributed by atoms with van der Waals surface area (Å²) in [5, 5.41) is 3.00. The summed E-state index contributed by atoms with van der Waals surface area (Å²) in [5.41, 5.74) is -0.827. The number of hydrogen-bond donors (Lipinski definition) is 1. The molecule has 2 atom stereocenters. The van der Waals surface area contributed by atoms with Crippen LogP contribution in [0.4, 0.5) is 23.2 Å². The lowest BCUT2D eigenvalue weighted by Gasteiger charge is -2.30. The van der Waals surface area contributed by atoms with Gasteiger partial charge in [0.1, 0.15) is 5.82 Å². The Labute approximate surface area is 121 Å². The van der Waals surface area contributed by atoms with Crippen molar-refractivity contribution in [1.29, 1.82) is 0 Å². The van der Waals surface area contributed by atoms with E-state index in [1.54, 1.807) is 0 Å². The molecule has 5 heteroatoms. The summed E-state index contributed by atoms with van der Waals surface area (Å²) in [6, 6.07) is 2.65. The molecule has 21 heavy (non-hydrogen) atoms. The molecule has 116 valence electrons. The second-order valence-electron chi connectivity index (χ2n) is 6.30. The maximum absolute atomic E-state index is 13.8. The van der Waals surface area contributed by atoms with Gasteiger partial charge in [-0.3, -0.25) is 0 Å². The molecular formula is C16H19F4N. The molecule has 1 nitrogen and oxygen atoms in total. The minimum Gasteiger partial charge on any atom is -0.380 e. The molecule has 0 amide bonds. The Hall–Kier alpha value is -1.26. The number of nitrogens with one attached hydrogen (secondary N) is 1. The molecule has 2 aliphatic rings. The minimum absolute atomic E-state index is 0.0220. The lowest BCUT2D eigenvalue weighted by Crippen LogP contribution is -2.28. The van der Waals surface area contributed by atoms with Gasteiger partial charge in [-0.1, -0.05) is 12.8 Å². The van der Waals surface area contributed by atoms with Gasteiger partial charge in [-0.2, -0.15) is 13.2 Å². The average Bonchev–Trinajstić information content (AvgIpc) is 3.25. The molecule has 1 N–H and O–H groups in total. The Morgan fingerprint density at radius 2 is 1.76 bits per heavy atom. The number of halogens is 4. The third-order valence-corrected chi connectivity index (χ3v) is 4.66. The molecule has 1 aromatic rings. The molecule has 0 saturated heterocycles. The van der Waals surface area contributed by atoms with Crippen molar-refractivity contribution >= 4 is 5.69 Å². The maximum Gasteiger partial charge on any atom is 0.416 e. The molecule has 2 aliphatic carbocycles. The lowest BCUT2D eigenvalue weighted by molar-refractivity contribution is -0.137. The standard InChI is InChI=1S/C16H19F4N/c17-14-7-6-12(16(18,19)20)9-15(14)21-13-3-1-2-11(8-13)10-4-5-10/h6-7,9-11,13,21H,1-5,8H2. The van der Waals surface area contributed by atoms with Crippen LogP contribution in [-0.2, 0) is 6.18 Å². The van der Waals surface area contributed by atoms with Crippen LogP contribution in [0, 0.1) is 17.7 Å². The predicted octanol–water partition coefficient (Wildman–Crippen LogP) is 5.23. The SMILES string of the molecule is Fc1ccc(C(F)(F)F)cc1NC1CCCC(C2CC2)C1. The summed E-state index contributed by atoms with van der Waals surface area (Å²) in [6.45, 7) is 0. The number of alkyl halides is 3. The van der Waals surface area contributed by atoms with Gasteiger partial charge in [0.25, 0.3) is 0 Å². The summed E-state index contributed by atoms with van der Waals surface area (Å²) in [7, 11) is 0. The zero-order valence-corrected chi connectivity index (χ0v) is 11.7. The Morgan fingerprint density at radius 3 is 2.43 bits per heavy atom. The Bertz CT molecular complexity index is 507. The van der Waals surface area contributed by atoms with Crippen LogP contribution in [0.15, 0.2) is 18.2 Å². The summed E-state index contributed by atoms with van der Waals surface area (Å²) < 4.78 is 51.9. The van der Waals surface area contributed by atoms with Gasteiger partial charge >= 0.3 is 6.18 Å². The second kappa shape index (κ2) is 5.50.